The molecule has 0 amide bonds. The fraction of sp³-hybridized carbons (Fsp3) is 0.692. The Bertz CT molecular complexity index is 367. The van der Waals surface area contributed by atoms with Gasteiger partial charge in [-0.15, -0.1) is 0 Å². The quantitative estimate of drug-likeness (QED) is 0.828. The summed E-state index contributed by atoms with van der Waals surface area (Å²) in [5.74, 6) is 0.534. The maximum atomic E-state index is 9.97. The predicted molar refractivity (Wildman–Crippen MR) is 66.5 cm³/mol. The van der Waals surface area contributed by atoms with Crippen molar-refractivity contribution in [2.24, 2.45) is 0 Å². The molecule has 1 aromatic rings. The van der Waals surface area contributed by atoms with Crippen molar-refractivity contribution in [1.82, 2.24) is 9.97 Å². The molecule has 0 saturated carbocycles. The molecule has 2 heterocycles. The van der Waals surface area contributed by atoms with Crippen LogP contribution >= 0.6 is 0 Å². The maximum Gasteiger partial charge on any atom is 0.216 e. The number of nitrogens with zero attached hydrogens (tertiary/aromatic N) is 2. The Morgan fingerprint density at radius 3 is 3.17 bits per heavy atom. The number of aliphatic hydroxyl groups excluding tert-OH is 1. The van der Waals surface area contributed by atoms with Gasteiger partial charge in [-0.2, -0.15) is 0 Å². The molecular formula is C13H20N2O3. The van der Waals surface area contributed by atoms with Crippen molar-refractivity contribution >= 4 is 0 Å². The van der Waals surface area contributed by atoms with Gasteiger partial charge in [0.15, 0.2) is 0 Å². The first-order valence-corrected chi connectivity index (χ1v) is 6.42. The van der Waals surface area contributed by atoms with E-state index in [2.05, 4.69) is 9.97 Å². The molecule has 18 heavy (non-hydrogen) atoms. The smallest absolute Gasteiger partial charge is 0.216 e. The molecule has 5 heteroatoms. The molecule has 5 nitrogen and oxygen atoms in total. The number of methoxy groups -OCH3 is 1. The molecule has 0 radical (unpaired) electrons. The van der Waals surface area contributed by atoms with Crippen molar-refractivity contribution in [3.05, 3.63) is 18.1 Å². The topological polar surface area (TPSA) is 64.5 Å². The van der Waals surface area contributed by atoms with Gasteiger partial charge >= 0.3 is 0 Å². The van der Waals surface area contributed by atoms with Crippen LogP contribution in [0.4, 0.5) is 0 Å². The van der Waals surface area contributed by atoms with Gasteiger partial charge in [0.25, 0.3) is 0 Å². The maximum absolute atomic E-state index is 9.97. The third-order valence-electron chi connectivity index (χ3n) is 3.20. The van der Waals surface area contributed by atoms with Crippen LogP contribution in [-0.4, -0.2) is 41.0 Å². The van der Waals surface area contributed by atoms with E-state index in [1.165, 1.54) is 6.33 Å². The van der Waals surface area contributed by atoms with E-state index in [1.54, 1.807) is 13.2 Å². The van der Waals surface area contributed by atoms with Gasteiger partial charge in [-0.1, -0.05) is 0 Å². The summed E-state index contributed by atoms with van der Waals surface area (Å²) in [7, 11) is 1.57. The fourth-order valence-corrected chi connectivity index (χ4v) is 2.19. The van der Waals surface area contributed by atoms with E-state index in [9.17, 15) is 5.11 Å². The molecule has 1 fully saturated rings. The van der Waals surface area contributed by atoms with E-state index in [0.717, 1.165) is 38.0 Å². The Morgan fingerprint density at radius 2 is 2.44 bits per heavy atom. The summed E-state index contributed by atoms with van der Waals surface area (Å²) in [6.45, 7) is 0.865. The van der Waals surface area contributed by atoms with Crippen molar-refractivity contribution < 1.29 is 14.6 Å². The summed E-state index contributed by atoms with van der Waals surface area (Å²) in [6, 6.07) is 1.76. The largest absolute Gasteiger partial charge is 0.481 e. The van der Waals surface area contributed by atoms with Crippen molar-refractivity contribution in [3.8, 4) is 5.88 Å². The molecule has 1 aliphatic rings. The zero-order valence-corrected chi connectivity index (χ0v) is 10.7. The second-order valence-electron chi connectivity index (χ2n) is 4.62. The molecule has 100 valence electrons. The normalized spacial score (nSPS) is 20.9. The highest BCUT2D eigenvalue weighted by Crippen LogP contribution is 2.18. The minimum Gasteiger partial charge on any atom is -0.481 e. The standard InChI is InChI=1S/C13H20N2O3/c1-17-13-8-10(14-9-15-13)7-11(16)4-5-12-3-2-6-18-12/h8-9,11-12,16H,2-7H2,1H3. The second kappa shape index (κ2) is 6.66. The van der Waals surface area contributed by atoms with Crippen LogP contribution < -0.4 is 4.74 Å². The van der Waals surface area contributed by atoms with Crippen LogP contribution in [0, 0.1) is 0 Å². The molecule has 1 aliphatic heterocycles. The lowest BCUT2D eigenvalue weighted by Gasteiger charge is -2.13. The van der Waals surface area contributed by atoms with Crippen LogP contribution in [0.2, 0.25) is 0 Å². The lowest BCUT2D eigenvalue weighted by molar-refractivity contribution is 0.0810. The van der Waals surface area contributed by atoms with Crippen LogP contribution in [0.3, 0.4) is 0 Å². The van der Waals surface area contributed by atoms with E-state index in [4.69, 9.17) is 9.47 Å². The molecule has 1 N–H and O–H groups in total. The average molecular weight is 252 g/mol. The first-order valence-electron chi connectivity index (χ1n) is 6.42. The van der Waals surface area contributed by atoms with Gasteiger partial charge < -0.3 is 14.6 Å². The van der Waals surface area contributed by atoms with Gasteiger partial charge in [0.05, 0.1) is 25.0 Å². The highest BCUT2D eigenvalue weighted by Gasteiger charge is 2.17. The SMILES string of the molecule is COc1cc(CC(O)CCC2CCCO2)ncn1. The van der Waals surface area contributed by atoms with Crippen molar-refractivity contribution in [2.45, 2.75) is 44.3 Å². The molecule has 1 saturated heterocycles. The van der Waals surface area contributed by atoms with Gasteiger partial charge in [0, 0.05) is 19.1 Å². The second-order valence-corrected chi connectivity index (χ2v) is 4.62. The summed E-state index contributed by atoms with van der Waals surface area (Å²) in [6.07, 6.45) is 5.87. The minimum atomic E-state index is -0.381. The van der Waals surface area contributed by atoms with Gasteiger partial charge in [-0.05, 0) is 25.7 Å². The molecule has 1 aromatic heterocycles. The molecular weight excluding hydrogens is 232 g/mol. The van der Waals surface area contributed by atoms with Crippen molar-refractivity contribution in [2.75, 3.05) is 13.7 Å². The van der Waals surface area contributed by atoms with E-state index in [1.807, 2.05) is 0 Å². The summed E-state index contributed by atoms with van der Waals surface area (Å²) in [5.41, 5.74) is 0.807. The van der Waals surface area contributed by atoms with Gasteiger partial charge in [0.2, 0.25) is 5.88 Å². The summed E-state index contributed by atoms with van der Waals surface area (Å²) in [5, 5.41) is 9.97. The zero-order valence-electron chi connectivity index (χ0n) is 10.7. The Labute approximate surface area is 107 Å². The van der Waals surface area contributed by atoms with Crippen LogP contribution in [-0.2, 0) is 11.2 Å². The number of aliphatic hydroxyl groups is 1. The first-order chi connectivity index (χ1) is 8.78. The molecule has 0 aromatic carbocycles. The van der Waals surface area contributed by atoms with Crippen LogP contribution in [0.25, 0.3) is 0 Å². The third kappa shape index (κ3) is 3.92. The number of ether oxygens (including phenoxy) is 2. The van der Waals surface area contributed by atoms with E-state index < -0.39 is 0 Å². The van der Waals surface area contributed by atoms with E-state index >= 15 is 0 Å². The average Bonchev–Trinajstić information content (AvgIpc) is 2.90. The Balaban J connectivity index is 1.76. The minimum absolute atomic E-state index is 0.333. The summed E-state index contributed by atoms with van der Waals surface area (Å²) < 4.78 is 10.6. The zero-order chi connectivity index (χ0) is 12.8. The lowest BCUT2D eigenvalue weighted by Crippen LogP contribution is -2.15. The highest BCUT2D eigenvalue weighted by atomic mass is 16.5. The fourth-order valence-electron chi connectivity index (χ4n) is 2.19. The summed E-state index contributed by atoms with van der Waals surface area (Å²) in [4.78, 5) is 8.06. The molecule has 2 unspecified atom stereocenters. The van der Waals surface area contributed by atoms with Gasteiger partial charge in [-0.3, -0.25) is 0 Å². The predicted octanol–water partition coefficient (Wildman–Crippen LogP) is 1.35. The highest BCUT2D eigenvalue weighted by molar-refractivity contribution is 5.13. The lowest BCUT2D eigenvalue weighted by atomic mass is 10.0. The number of rotatable bonds is 6. The number of hydrogen-bond donors (Lipinski definition) is 1. The van der Waals surface area contributed by atoms with E-state index in [0.29, 0.717) is 18.4 Å². The molecule has 2 atom stereocenters. The molecule has 2 rings (SSSR count). The van der Waals surface area contributed by atoms with Crippen LogP contribution in [0.15, 0.2) is 12.4 Å². The number of hydrogen-bond acceptors (Lipinski definition) is 5. The van der Waals surface area contributed by atoms with Gasteiger partial charge in [-0.25, -0.2) is 9.97 Å². The Morgan fingerprint density at radius 1 is 1.56 bits per heavy atom. The van der Waals surface area contributed by atoms with Crippen LogP contribution in [0.1, 0.15) is 31.4 Å². The van der Waals surface area contributed by atoms with Crippen LogP contribution in [0.5, 0.6) is 5.88 Å². The molecule has 0 aliphatic carbocycles. The number of aromatic nitrogens is 2. The Hall–Kier alpha value is -1.20. The molecule has 0 bridgehead atoms. The van der Waals surface area contributed by atoms with Gasteiger partial charge in [0.1, 0.15) is 6.33 Å². The van der Waals surface area contributed by atoms with Crippen molar-refractivity contribution in [3.63, 3.8) is 0 Å². The first kappa shape index (κ1) is 13.2. The van der Waals surface area contributed by atoms with E-state index in [-0.39, 0.29) is 6.10 Å². The monoisotopic (exact) mass is 252 g/mol. The van der Waals surface area contributed by atoms with Crippen molar-refractivity contribution in [1.29, 1.82) is 0 Å². The summed E-state index contributed by atoms with van der Waals surface area (Å²) >= 11 is 0. The molecule has 0 spiro atoms. The Kier molecular flexibility index (Phi) is 4.90. The third-order valence-corrected chi connectivity index (χ3v) is 3.20.